The average molecular weight is 463 g/mol. The zero-order valence-corrected chi connectivity index (χ0v) is 18.8. The van der Waals surface area contributed by atoms with Gasteiger partial charge in [0.05, 0.1) is 21.7 Å². The number of ether oxygens (including phenoxy) is 1. The summed E-state index contributed by atoms with van der Waals surface area (Å²) in [7, 11) is -3.76. The predicted molar refractivity (Wildman–Crippen MR) is 120 cm³/mol. The Kier molecular flexibility index (Phi) is 6.76. The Labute approximate surface area is 183 Å². The summed E-state index contributed by atoms with van der Waals surface area (Å²) in [6.07, 6.45) is 0. The van der Waals surface area contributed by atoms with E-state index < -0.39 is 28.1 Å². The number of aryl methyl sites for hydroxylation is 1. The average Bonchev–Trinajstić information content (AvgIpc) is 3.11. The Hall–Kier alpha value is -3.18. The molecule has 0 aliphatic carbocycles. The van der Waals surface area contributed by atoms with Crippen LogP contribution in [0.3, 0.4) is 0 Å². The number of carbonyl (C=O) groups excluding carboxylic acids is 2. The molecule has 1 atom stereocenters. The summed E-state index contributed by atoms with van der Waals surface area (Å²) in [5, 5.41) is 5.40. The van der Waals surface area contributed by atoms with E-state index in [2.05, 4.69) is 20.3 Å². The lowest BCUT2D eigenvalue weighted by Crippen LogP contribution is -2.41. The van der Waals surface area contributed by atoms with Gasteiger partial charge in [-0.25, -0.2) is 23.0 Å². The Morgan fingerprint density at radius 2 is 1.90 bits per heavy atom. The molecule has 0 unspecified atom stereocenters. The van der Waals surface area contributed by atoms with Gasteiger partial charge in [0, 0.05) is 5.69 Å². The highest BCUT2D eigenvalue weighted by molar-refractivity contribution is 7.93. The summed E-state index contributed by atoms with van der Waals surface area (Å²) in [5.41, 5.74) is 1.87. The van der Waals surface area contributed by atoms with Crippen LogP contribution in [0.2, 0.25) is 0 Å². The van der Waals surface area contributed by atoms with Crippen molar-refractivity contribution in [2.24, 2.45) is 0 Å². The molecule has 1 heterocycles. The number of fused-ring (bicyclic) bond motifs is 1. The van der Waals surface area contributed by atoms with Gasteiger partial charge in [0.25, 0.3) is 10.0 Å². The van der Waals surface area contributed by atoms with Crippen LogP contribution in [0.1, 0.15) is 19.4 Å². The second-order valence-electron chi connectivity index (χ2n) is 6.65. The van der Waals surface area contributed by atoms with Gasteiger partial charge in [-0.1, -0.05) is 29.5 Å². The minimum absolute atomic E-state index is 0.140. The van der Waals surface area contributed by atoms with Gasteiger partial charge in [-0.15, -0.1) is 0 Å². The summed E-state index contributed by atoms with van der Waals surface area (Å²) in [6, 6.07) is 10.1. The van der Waals surface area contributed by atoms with E-state index in [-0.39, 0.29) is 16.6 Å². The summed E-state index contributed by atoms with van der Waals surface area (Å²) in [5.74, 6) is -0.526. The van der Waals surface area contributed by atoms with E-state index in [1.807, 2.05) is 6.92 Å². The standard InChI is InChI=1S/C20H22N4O5S2/c1-4-29-18(25)13(3)21-19(26)22-14-10-12(2)17-16(11-14)30-20(23-17)24-31(27,28)15-8-6-5-7-9-15/h5-11,13H,4H2,1-3H3,(H,23,24)(H2,21,22,26)/t13-/m0/s1. The van der Waals surface area contributed by atoms with Crippen molar-refractivity contribution in [2.45, 2.75) is 31.7 Å². The molecule has 3 N–H and O–H groups in total. The van der Waals surface area contributed by atoms with Gasteiger partial charge in [0.15, 0.2) is 5.13 Å². The predicted octanol–water partition coefficient (Wildman–Crippen LogP) is 3.48. The fraction of sp³-hybridized carbons (Fsp3) is 0.250. The van der Waals surface area contributed by atoms with E-state index >= 15 is 0 Å². The minimum Gasteiger partial charge on any atom is -0.464 e. The molecule has 0 aliphatic heterocycles. The highest BCUT2D eigenvalue weighted by Gasteiger charge is 2.19. The highest BCUT2D eigenvalue weighted by Crippen LogP contribution is 2.32. The molecule has 3 rings (SSSR count). The smallest absolute Gasteiger partial charge is 0.328 e. The third-order valence-electron chi connectivity index (χ3n) is 4.21. The highest BCUT2D eigenvalue weighted by atomic mass is 32.2. The summed E-state index contributed by atoms with van der Waals surface area (Å²) in [4.78, 5) is 28.4. The maximum Gasteiger partial charge on any atom is 0.328 e. The van der Waals surface area contributed by atoms with Gasteiger partial charge in [0.1, 0.15) is 6.04 Å². The van der Waals surface area contributed by atoms with Gasteiger partial charge in [-0.2, -0.15) is 0 Å². The monoisotopic (exact) mass is 462 g/mol. The number of aromatic nitrogens is 1. The Morgan fingerprint density at radius 1 is 1.19 bits per heavy atom. The quantitative estimate of drug-likeness (QED) is 0.462. The molecular formula is C20H22N4O5S2. The van der Waals surface area contributed by atoms with Crippen molar-refractivity contribution >= 4 is 54.4 Å². The number of thiazole rings is 1. The zero-order chi connectivity index (χ0) is 22.6. The number of nitrogens with one attached hydrogen (secondary N) is 3. The molecule has 0 saturated heterocycles. The summed E-state index contributed by atoms with van der Waals surface area (Å²) < 4.78 is 33.1. The molecule has 0 bridgehead atoms. The topological polar surface area (TPSA) is 126 Å². The van der Waals surface area contributed by atoms with Gasteiger partial charge in [-0.05, 0) is 50.6 Å². The number of rotatable bonds is 7. The van der Waals surface area contributed by atoms with Gasteiger partial charge >= 0.3 is 12.0 Å². The van der Waals surface area contributed by atoms with Crippen molar-refractivity contribution in [2.75, 3.05) is 16.6 Å². The van der Waals surface area contributed by atoms with Crippen molar-refractivity contribution in [3.8, 4) is 0 Å². The number of esters is 1. The van der Waals surface area contributed by atoms with Crippen LogP contribution in [-0.2, 0) is 19.6 Å². The molecule has 2 aromatic carbocycles. The van der Waals surface area contributed by atoms with Crippen molar-refractivity contribution in [1.82, 2.24) is 10.3 Å². The lowest BCUT2D eigenvalue weighted by atomic mass is 10.2. The van der Waals surface area contributed by atoms with Crippen molar-refractivity contribution in [3.63, 3.8) is 0 Å². The van der Waals surface area contributed by atoms with Crippen LogP contribution in [0.5, 0.6) is 0 Å². The van der Waals surface area contributed by atoms with E-state index in [1.54, 1.807) is 37.3 Å². The number of sulfonamides is 1. The van der Waals surface area contributed by atoms with Gasteiger partial charge < -0.3 is 15.4 Å². The number of nitrogens with zero attached hydrogens (tertiary/aromatic N) is 1. The summed E-state index contributed by atoms with van der Waals surface area (Å²) >= 11 is 1.15. The van der Waals surface area contributed by atoms with E-state index in [9.17, 15) is 18.0 Å². The lowest BCUT2D eigenvalue weighted by molar-refractivity contribution is -0.144. The maximum absolute atomic E-state index is 12.5. The molecule has 164 valence electrons. The van der Waals surface area contributed by atoms with Crippen LogP contribution in [0.4, 0.5) is 15.6 Å². The first-order valence-corrected chi connectivity index (χ1v) is 11.7. The third-order valence-corrected chi connectivity index (χ3v) is 6.61. The normalized spacial score (nSPS) is 12.2. The van der Waals surface area contributed by atoms with Gasteiger partial charge in [0.2, 0.25) is 0 Å². The van der Waals surface area contributed by atoms with E-state index in [0.717, 1.165) is 16.9 Å². The molecule has 3 aromatic rings. The second kappa shape index (κ2) is 9.31. The van der Waals surface area contributed by atoms with E-state index in [1.165, 1.54) is 19.1 Å². The van der Waals surface area contributed by atoms with Crippen LogP contribution >= 0.6 is 11.3 Å². The third kappa shape index (κ3) is 5.50. The van der Waals surface area contributed by atoms with Crippen molar-refractivity contribution in [1.29, 1.82) is 0 Å². The fourth-order valence-corrected chi connectivity index (χ4v) is 5.02. The molecule has 0 radical (unpaired) electrons. The number of hydrogen-bond acceptors (Lipinski definition) is 7. The maximum atomic E-state index is 12.5. The number of benzene rings is 2. The fourth-order valence-electron chi connectivity index (χ4n) is 2.78. The van der Waals surface area contributed by atoms with Crippen LogP contribution < -0.4 is 15.4 Å². The van der Waals surface area contributed by atoms with Crippen LogP contribution in [-0.4, -0.2) is 38.1 Å². The molecule has 31 heavy (non-hydrogen) atoms. The largest absolute Gasteiger partial charge is 0.464 e. The van der Waals surface area contributed by atoms with Crippen LogP contribution in [0, 0.1) is 6.92 Å². The number of urea groups is 1. The molecule has 0 aliphatic rings. The Balaban J connectivity index is 1.76. The van der Waals surface area contributed by atoms with Crippen LogP contribution in [0.25, 0.3) is 10.2 Å². The van der Waals surface area contributed by atoms with Crippen LogP contribution in [0.15, 0.2) is 47.4 Å². The van der Waals surface area contributed by atoms with Crippen molar-refractivity contribution in [3.05, 3.63) is 48.0 Å². The number of hydrogen-bond donors (Lipinski definition) is 3. The Morgan fingerprint density at radius 3 is 2.58 bits per heavy atom. The number of carbonyl (C=O) groups is 2. The number of anilines is 2. The first kappa shape index (κ1) is 22.5. The molecule has 2 amide bonds. The Bertz CT molecular complexity index is 1210. The number of amides is 2. The van der Waals surface area contributed by atoms with E-state index in [0.29, 0.717) is 15.9 Å². The van der Waals surface area contributed by atoms with E-state index in [4.69, 9.17) is 4.74 Å². The molecule has 9 nitrogen and oxygen atoms in total. The zero-order valence-electron chi connectivity index (χ0n) is 17.1. The first-order valence-electron chi connectivity index (χ1n) is 9.43. The molecular weight excluding hydrogens is 440 g/mol. The van der Waals surface area contributed by atoms with Crippen molar-refractivity contribution < 1.29 is 22.7 Å². The summed E-state index contributed by atoms with van der Waals surface area (Å²) in [6.45, 7) is 5.25. The minimum atomic E-state index is -3.76. The molecule has 0 fully saturated rings. The first-order chi connectivity index (χ1) is 14.7. The lowest BCUT2D eigenvalue weighted by Gasteiger charge is -2.13. The molecule has 1 aromatic heterocycles. The molecule has 0 spiro atoms. The van der Waals surface area contributed by atoms with Gasteiger partial charge in [-0.3, -0.25) is 4.72 Å². The molecule has 0 saturated carbocycles. The second-order valence-corrected chi connectivity index (χ2v) is 9.36. The SMILES string of the molecule is CCOC(=O)[C@H](C)NC(=O)Nc1cc(C)c2nc(NS(=O)(=O)c3ccccc3)sc2c1. The molecule has 11 heteroatoms.